The first-order chi connectivity index (χ1) is 11.5. The van der Waals surface area contributed by atoms with Crippen molar-refractivity contribution in [2.75, 3.05) is 13.7 Å². The number of esters is 1. The molecule has 24 heavy (non-hydrogen) atoms. The molecule has 6 heteroatoms. The standard InChI is InChI=1S/C18H25NO5/c1-5-7-11-23-18(21)19-13(3)17(20)24-15-10-9-14(8-6-2)12-16(15)22-4/h6,9-10,12-13H,2,5,7-8,11H2,1,3-4H3,(H,19,21). The second-order valence-electron chi connectivity index (χ2n) is 5.25. The topological polar surface area (TPSA) is 73.9 Å². The van der Waals surface area contributed by atoms with Gasteiger partial charge in [0.2, 0.25) is 0 Å². The van der Waals surface area contributed by atoms with E-state index in [0.29, 0.717) is 24.5 Å². The fraction of sp³-hybridized carbons (Fsp3) is 0.444. The van der Waals surface area contributed by atoms with Crippen LogP contribution in [-0.4, -0.2) is 31.8 Å². The van der Waals surface area contributed by atoms with Crippen LogP contribution in [0.2, 0.25) is 0 Å². The zero-order chi connectivity index (χ0) is 17.9. The van der Waals surface area contributed by atoms with Crippen molar-refractivity contribution in [1.82, 2.24) is 5.32 Å². The van der Waals surface area contributed by atoms with E-state index in [1.165, 1.54) is 14.0 Å². The maximum atomic E-state index is 12.1. The van der Waals surface area contributed by atoms with E-state index in [1.807, 2.05) is 13.0 Å². The summed E-state index contributed by atoms with van der Waals surface area (Å²) in [5.41, 5.74) is 0.993. The van der Waals surface area contributed by atoms with Crippen LogP contribution in [0.15, 0.2) is 30.9 Å². The highest BCUT2D eigenvalue weighted by Gasteiger charge is 2.20. The molecule has 6 nitrogen and oxygen atoms in total. The first-order valence-electron chi connectivity index (χ1n) is 7.94. The van der Waals surface area contributed by atoms with Gasteiger partial charge in [-0.2, -0.15) is 0 Å². The third kappa shape index (κ3) is 6.32. The number of ether oxygens (including phenoxy) is 3. The zero-order valence-electron chi connectivity index (χ0n) is 14.5. The highest BCUT2D eigenvalue weighted by atomic mass is 16.6. The smallest absolute Gasteiger partial charge is 0.407 e. The number of methoxy groups -OCH3 is 1. The Morgan fingerprint density at radius 2 is 2.08 bits per heavy atom. The lowest BCUT2D eigenvalue weighted by Crippen LogP contribution is -2.41. The molecule has 0 saturated carbocycles. The van der Waals surface area contributed by atoms with Crippen LogP contribution in [0.4, 0.5) is 4.79 Å². The summed E-state index contributed by atoms with van der Waals surface area (Å²) < 4.78 is 15.5. The fourth-order valence-corrected chi connectivity index (χ4v) is 1.87. The van der Waals surface area contributed by atoms with Gasteiger partial charge in [0.15, 0.2) is 11.5 Å². The summed E-state index contributed by atoms with van der Waals surface area (Å²) in [6.07, 6.45) is 3.52. The van der Waals surface area contributed by atoms with Crippen molar-refractivity contribution >= 4 is 12.1 Å². The number of unbranched alkanes of at least 4 members (excludes halogenated alkanes) is 1. The van der Waals surface area contributed by atoms with E-state index < -0.39 is 18.1 Å². The van der Waals surface area contributed by atoms with Crippen LogP contribution in [-0.2, 0) is 16.0 Å². The highest BCUT2D eigenvalue weighted by Crippen LogP contribution is 2.28. The average molecular weight is 335 g/mol. The van der Waals surface area contributed by atoms with Crippen molar-refractivity contribution in [2.24, 2.45) is 0 Å². The second kappa shape index (κ2) is 10.3. The summed E-state index contributed by atoms with van der Waals surface area (Å²) in [6.45, 7) is 7.53. The molecule has 0 saturated heterocycles. The van der Waals surface area contributed by atoms with Crippen LogP contribution in [0.25, 0.3) is 0 Å². The quantitative estimate of drug-likeness (QED) is 0.324. The molecular weight excluding hydrogens is 310 g/mol. The first kappa shape index (κ1) is 19.5. The number of alkyl carbamates (subject to hydrolysis) is 1. The number of carbonyl (C=O) groups excluding carboxylic acids is 2. The molecule has 1 rings (SSSR count). The Balaban J connectivity index is 2.62. The SMILES string of the molecule is C=CCc1ccc(OC(=O)C(C)NC(=O)OCCCC)c(OC)c1. The molecule has 1 aromatic carbocycles. The van der Waals surface area contributed by atoms with Gasteiger partial charge in [0.25, 0.3) is 0 Å². The monoisotopic (exact) mass is 335 g/mol. The molecule has 1 atom stereocenters. The minimum atomic E-state index is -0.836. The molecule has 0 heterocycles. The Morgan fingerprint density at radius 1 is 1.33 bits per heavy atom. The molecule has 0 aliphatic heterocycles. The molecule has 1 unspecified atom stereocenters. The Labute approximate surface area is 142 Å². The third-order valence-corrected chi connectivity index (χ3v) is 3.24. The third-order valence-electron chi connectivity index (χ3n) is 3.24. The maximum Gasteiger partial charge on any atom is 0.407 e. The molecule has 1 N–H and O–H groups in total. The predicted octanol–water partition coefficient (Wildman–Crippen LogP) is 3.24. The molecule has 0 fully saturated rings. The van der Waals surface area contributed by atoms with Crippen molar-refractivity contribution < 1.29 is 23.8 Å². The number of rotatable bonds is 9. The summed E-state index contributed by atoms with van der Waals surface area (Å²) in [5.74, 6) is 0.140. The van der Waals surface area contributed by atoms with Gasteiger partial charge >= 0.3 is 12.1 Å². The lowest BCUT2D eigenvalue weighted by molar-refractivity contribution is -0.136. The molecule has 1 aromatic rings. The lowest BCUT2D eigenvalue weighted by Gasteiger charge is -2.15. The van der Waals surface area contributed by atoms with Crippen LogP contribution in [0.3, 0.4) is 0 Å². The molecule has 0 spiro atoms. The minimum Gasteiger partial charge on any atom is -0.493 e. The second-order valence-corrected chi connectivity index (χ2v) is 5.25. The normalized spacial score (nSPS) is 11.3. The largest absolute Gasteiger partial charge is 0.493 e. The molecule has 0 bridgehead atoms. The van der Waals surface area contributed by atoms with Gasteiger partial charge in [-0.15, -0.1) is 6.58 Å². The van der Waals surface area contributed by atoms with Gasteiger partial charge in [-0.05, 0) is 37.5 Å². The molecule has 0 radical (unpaired) electrons. The Kier molecular flexibility index (Phi) is 8.39. The van der Waals surface area contributed by atoms with Crippen LogP contribution in [0.5, 0.6) is 11.5 Å². The zero-order valence-corrected chi connectivity index (χ0v) is 14.5. The molecule has 132 valence electrons. The molecule has 1 amide bonds. The molecule has 0 aliphatic carbocycles. The van der Waals surface area contributed by atoms with Gasteiger partial charge in [0, 0.05) is 0 Å². The fourth-order valence-electron chi connectivity index (χ4n) is 1.87. The maximum absolute atomic E-state index is 12.1. The van der Waals surface area contributed by atoms with Crippen LogP contribution in [0, 0.1) is 0 Å². The Hall–Kier alpha value is -2.50. The van der Waals surface area contributed by atoms with Crippen LogP contribution in [0.1, 0.15) is 32.3 Å². The van der Waals surface area contributed by atoms with Crippen LogP contribution >= 0.6 is 0 Å². The molecule has 0 aromatic heterocycles. The molecule has 0 aliphatic rings. The van der Waals surface area contributed by atoms with E-state index in [-0.39, 0.29) is 0 Å². The average Bonchev–Trinajstić information content (AvgIpc) is 2.56. The van der Waals surface area contributed by atoms with E-state index >= 15 is 0 Å². The Morgan fingerprint density at radius 3 is 2.71 bits per heavy atom. The highest BCUT2D eigenvalue weighted by molar-refractivity contribution is 5.82. The van der Waals surface area contributed by atoms with E-state index in [4.69, 9.17) is 14.2 Å². The van der Waals surface area contributed by atoms with Crippen molar-refractivity contribution in [3.8, 4) is 11.5 Å². The van der Waals surface area contributed by atoms with E-state index in [0.717, 1.165) is 18.4 Å². The summed E-state index contributed by atoms with van der Waals surface area (Å²) in [6, 6.07) is 4.42. The van der Waals surface area contributed by atoms with E-state index in [9.17, 15) is 9.59 Å². The number of amides is 1. The van der Waals surface area contributed by atoms with Crippen molar-refractivity contribution in [3.05, 3.63) is 36.4 Å². The number of benzene rings is 1. The van der Waals surface area contributed by atoms with E-state index in [1.54, 1.807) is 18.2 Å². The minimum absolute atomic E-state index is 0.295. The van der Waals surface area contributed by atoms with Gasteiger partial charge < -0.3 is 19.5 Å². The van der Waals surface area contributed by atoms with Gasteiger partial charge in [-0.3, -0.25) is 0 Å². The van der Waals surface area contributed by atoms with Gasteiger partial charge in [-0.1, -0.05) is 25.5 Å². The summed E-state index contributed by atoms with van der Waals surface area (Å²) >= 11 is 0. The number of allylic oxidation sites excluding steroid dienone is 1. The number of hydrogen-bond acceptors (Lipinski definition) is 5. The van der Waals surface area contributed by atoms with Crippen LogP contribution < -0.4 is 14.8 Å². The summed E-state index contributed by atoms with van der Waals surface area (Å²) in [4.78, 5) is 23.6. The summed E-state index contributed by atoms with van der Waals surface area (Å²) in [7, 11) is 1.50. The van der Waals surface area contributed by atoms with Gasteiger partial charge in [-0.25, -0.2) is 9.59 Å². The molecular formula is C18H25NO5. The predicted molar refractivity (Wildman–Crippen MR) is 91.4 cm³/mol. The van der Waals surface area contributed by atoms with Gasteiger partial charge in [0.1, 0.15) is 6.04 Å². The van der Waals surface area contributed by atoms with Crippen molar-refractivity contribution in [1.29, 1.82) is 0 Å². The summed E-state index contributed by atoms with van der Waals surface area (Å²) in [5, 5.41) is 2.44. The number of hydrogen-bond donors (Lipinski definition) is 1. The van der Waals surface area contributed by atoms with Crippen molar-refractivity contribution in [3.63, 3.8) is 0 Å². The lowest BCUT2D eigenvalue weighted by atomic mass is 10.1. The number of carbonyl (C=O) groups is 2. The first-order valence-corrected chi connectivity index (χ1v) is 7.94. The van der Waals surface area contributed by atoms with Crippen molar-refractivity contribution in [2.45, 2.75) is 39.2 Å². The van der Waals surface area contributed by atoms with Gasteiger partial charge in [0.05, 0.1) is 13.7 Å². The number of nitrogens with one attached hydrogen (secondary N) is 1. The van der Waals surface area contributed by atoms with E-state index in [2.05, 4.69) is 11.9 Å². The Bertz CT molecular complexity index is 571.